The van der Waals surface area contributed by atoms with Gasteiger partial charge in [0.05, 0.1) is 0 Å². The van der Waals surface area contributed by atoms with Crippen LogP contribution in [0.2, 0.25) is 5.02 Å². The number of nitrogens with one attached hydrogen (secondary N) is 1. The third-order valence-corrected chi connectivity index (χ3v) is 4.93. The first-order valence-corrected chi connectivity index (χ1v) is 8.30. The standard InChI is InChI=1S/C16H26BrClN2/c1-6-9-19-15(16(2,3)20(4)5)10-12-7-8-13(17)11-14(12)18/h7-8,11,15,19H,6,9-10H2,1-5H3. The third-order valence-electron chi connectivity index (χ3n) is 4.09. The van der Waals surface area contributed by atoms with E-state index in [1.807, 2.05) is 6.07 Å². The lowest BCUT2D eigenvalue weighted by Crippen LogP contribution is -2.56. The van der Waals surface area contributed by atoms with Crippen molar-refractivity contribution in [3.8, 4) is 0 Å². The fraction of sp³-hybridized carbons (Fsp3) is 0.625. The van der Waals surface area contributed by atoms with E-state index in [1.165, 1.54) is 5.56 Å². The molecule has 114 valence electrons. The molecule has 0 aliphatic carbocycles. The Morgan fingerprint density at radius 2 is 2.00 bits per heavy atom. The van der Waals surface area contributed by atoms with Crippen molar-refractivity contribution in [2.45, 2.75) is 45.2 Å². The molecule has 1 atom stereocenters. The molecule has 2 nitrogen and oxygen atoms in total. The molecule has 0 bridgehead atoms. The topological polar surface area (TPSA) is 15.3 Å². The van der Waals surface area contributed by atoms with Crippen LogP contribution < -0.4 is 5.32 Å². The summed E-state index contributed by atoms with van der Waals surface area (Å²) < 4.78 is 1.02. The Kier molecular flexibility index (Phi) is 6.99. The van der Waals surface area contributed by atoms with Crippen LogP contribution in [0.1, 0.15) is 32.8 Å². The average Bonchev–Trinajstić information content (AvgIpc) is 2.36. The maximum absolute atomic E-state index is 6.37. The summed E-state index contributed by atoms with van der Waals surface area (Å²) in [5.74, 6) is 0. The van der Waals surface area contributed by atoms with E-state index < -0.39 is 0 Å². The minimum Gasteiger partial charge on any atom is -0.312 e. The van der Waals surface area contributed by atoms with Crippen LogP contribution in [0.15, 0.2) is 22.7 Å². The molecule has 0 aliphatic heterocycles. The lowest BCUT2D eigenvalue weighted by atomic mass is 9.88. The van der Waals surface area contributed by atoms with Gasteiger partial charge in [0.15, 0.2) is 0 Å². The molecule has 1 aromatic carbocycles. The highest BCUT2D eigenvalue weighted by Crippen LogP contribution is 2.26. The fourth-order valence-corrected chi connectivity index (χ4v) is 2.86. The van der Waals surface area contributed by atoms with Gasteiger partial charge < -0.3 is 10.2 Å². The van der Waals surface area contributed by atoms with E-state index >= 15 is 0 Å². The van der Waals surface area contributed by atoms with E-state index in [9.17, 15) is 0 Å². The molecule has 0 amide bonds. The SMILES string of the molecule is CCCNC(Cc1ccc(Br)cc1Cl)C(C)(C)N(C)C. The smallest absolute Gasteiger partial charge is 0.0449 e. The van der Waals surface area contributed by atoms with Gasteiger partial charge in [0.1, 0.15) is 0 Å². The maximum atomic E-state index is 6.37. The number of likely N-dealkylation sites (N-methyl/N-ethyl adjacent to an activating group) is 1. The molecule has 1 N–H and O–H groups in total. The highest BCUT2D eigenvalue weighted by Gasteiger charge is 2.31. The monoisotopic (exact) mass is 360 g/mol. The molecule has 0 saturated heterocycles. The van der Waals surface area contributed by atoms with Crippen LogP contribution in [0.3, 0.4) is 0 Å². The Morgan fingerprint density at radius 3 is 2.50 bits per heavy atom. The molecule has 0 heterocycles. The van der Waals surface area contributed by atoms with Crippen LogP contribution in [-0.2, 0) is 6.42 Å². The van der Waals surface area contributed by atoms with Crippen LogP contribution in [-0.4, -0.2) is 37.1 Å². The van der Waals surface area contributed by atoms with Gasteiger partial charge in [-0.05, 0) is 65.0 Å². The molecule has 0 aromatic heterocycles. The van der Waals surface area contributed by atoms with Crippen molar-refractivity contribution in [2.24, 2.45) is 0 Å². The number of hydrogen-bond donors (Lipinski definition) is 1. The zero-order chi connectivity index (χ0) is 15.3. The third kappa shape index (κ3) is 4.73. The van der Waals surface area contributed by atoms with Crippen molar-refractivity contribution in [3.05, 3.63) is 33.3 Å². The van der Waals surface area contributed by atoms with Crippen molar-refractivity contribution in [2.75, 3.05) is 20.6 Å². The molecule has 0 radical (unpaired) electrons. The first-order valence-electron chi connectivity index (χ1n) is 7.13. The summed E-state index contributed by atoms with van der Waals surface area (Å²) in [5.41, 5.74) is 1.25. The molecule has 0 aliphatic rings. The van der Waals surface area contributed by atoms with E-state index in [2.05, 4.69) is 73.1 Å². The lowest BCUT2D eigenvalue weighted by molar-refractivity contribution is 0.137. The van der Waals surface area contributed by atoms with Gasteiger partial charge in [-0.3, -0.25) is 0 Å². The molecule has 1 unspecified atom stereocenters. The summed E-state index contributed by atoms with van der Waals surface area (Å²) in [5, 5.41) is 4.50. The van der Waals surface area contributed by atoms with Gasteiger partial charge >= 0.3 is 0 Å². The molecule has 0 saturated carbocycles. The van der Waals surface area contributed by atoms with E-state index in [0.717, 1.165) is 28.9 Å². The predicted octanol–water partition coefficient (Wildman–Crippen LogP) is 4.35. The van der Waals surface area contributed by atoms with Crippen LogP contribution in [0.25, 0.3) is 0 Å². The number of rotatable bonds is 7. The molecular formula is C16H26BrClN2. The molecule has 0 fully saturated rings. The summed E-state index contributed by atoms with van der Waals surface area (Å²) in [6, 6.07) is 6.49. The largest absolute Gasteiger partial charge is 0.312 e. The van der Waals surface area contributed by atoms with Crippen LogP contribution >= 0.6 is 27.5 Å². The molecule has 0 spiro atoms. The van der Waals surface area contributed by atoms with E-state index in [-0.39, 0.29) is 5.54 Å². The van der Waals surface area contributed by atoms with Gasteiger partial charge in [0, 0.05) is 21.1 Å². The summed E-state index contributed by atoms with van der Waals surface area (Å²) in [7, 11) is 4.26. The molecule has 4 heteroatoms. The zero-order valence-corrected chi connectivity index (χ0v) is 15.5. The van der Waals surface area contributed by atoms with Gasteiger partial charge in [-0.1, -0.05) is 40.5 Å². The summed E-state index contributed by atoms with van der Waals surface area (Å²) in [6.07, 6.45) is 2.06. The Balaban J connectivity index is 2.94. The predicted molar refractivity (Wildman–Crippen MR) is 92.7 cm³/mol. The zero-order valence-electron chi connectivity index (χ0n) is 13.1. The number of benzene rings is 1. The summed E-state index contributed by atoms with van der Waals surface area (Å²) in [4.78, 5) is 2.27. The van der Waals surface area contributed by atoms with Gasteiger partial charge in [0.2, 0.25) is 0 Å². The van der Waals surface area contributed by atoms with Crippen molar-refractivity contribution < 1.29 is 0 Å². The highest BCUT2D eigenvalue weighted by molar-refractivity contribution is 9.10. The quantitative estimate of drug-likeness (QED) is 0.776. The average molecular weight is 362 g/mol. The molecule has 20 heavy (non-hydrogen) atoms. The summed E-state index contributed by atoms with van der Waals surface area (Å²) in [6.45, 7) is 7.76. The Bertz CT molecular complexity index is 432. The molecule has 1 rings (SSSR count). The van der Waals surface area contributed by atoms with Gasteiger partial charge in [0.25, 0.3) is 0 Å². The van der Waals surface area contributed by atoms with Crippen LogP contribution in [0, 0.1) is 0 Å². The van der Waals surface area contributed by atoms with Crippen molar-refractivity contribution in [1.82, 2.24) is 10.2 Å². The minimum absolute atomic E-state index is 0.0611. The second-order valence-corrected chi connectivity index (χ2v) is 7.32. The number of hydrogen-bond acceptors (Lipinski definition) is 2. The Morgan fingerprint density at radius 1 is 1.35 bits per heavy atom. The molecule has 1 aromatic rings. The first kappa shape index (κ1) is 18.0. The van der Waals surface area contributed by atoms with Crippen LogP contribution in [0.4, 0.5) is 0 Å². The summed E-state index contributed by atoms with van der Waals surface area (Å²) >= 11 is 9.82. The second kappa shape index (κ2) is 7.79. The number of halogens is 2. The lowest BCUT2D eigenvalue weighted by Gasteiger charge is -2.41. The fourth-order valence-electron chi connectivity index (χ4n) is 2.11. The van der Waals surface area contributed by atoms with Crippen molar-refractivity contribution in [3.63, 3.8) is 0 Å². The van der Waals surface area contributed by atoms with Crippen LogP contribution in [0.5, 0.6) is 0 Å². The first-order chi connectivity index (χ1) is 9.28. The minimum atomic E-state index is 0.0611. The highest BCUT2D eigenvalue weighted by atomic mass is 79.9. The number of nitrogens with zero attached hydrogens (tertiary/aromatic N) is 1. The molecular weight excluding hydrogens is 336 g/mol. The van der Waals surface area contributed by atoms with Gasteiger partial charge in [-0.15, -0.1) is 0 Å². The van der Waals surface area contributed by atoms with E-state index in [4.69, 9.17) is 11.6 Å². The Hall–Kier alpha value is -0.0900. The van der Waals surface area contributed by atoms with Gasteiger partial charge in [-0.25, -0.2) is 0 Å². The maximum Gasteiger partial charge on any atom is 0.0449 e. The Labute approximate surface area is 137 Å². The van der Waals surface area contributed by atoms with Crippen molar-refractivity contribution in [1.29, 1.82) is 0 Å². The van der Waals surface area contributed by atoms with E-state index in [1.54, 1.807) is 0 Å². The second-order valence-electron chi connectivity index (χ2n) is 5.99. The van der Waals surface area contributed by atoms with E-state index in [0.29, 0.717) is 6.04 Å². The van der Waals surface area contributed by atoms with Gasteiger partial charge in [-0.2, -0.15) is 0 Å². The van der Waals surface area contributed by atoms with Crippen molar-refractivity contribution >= 4 is 27.5 Å². The normalized spacial score (nSPS) is 13.8.